The molecule has 0 fully saturated rings. The Morgan fingerprint density at radius 1 is 1.28 bits per heavy atom. The van der Waals surface area contributed by atoms with Gasteiger partial charge in [0.05, 0.1) is 17.2 Å². The van der Waals surface area contributed by atoms with E-state index in [0.29, 0.717) is 0 Å². The summed E-state index contributed by atoms with van der Waals surface area (Å²) in [5, 5.41) is 0.722. The summed E-state index contributed by atoms with van der Waals surface area (Å²) in [5.74, 6) is 0. The van der Waals surface area contributed by atoms with E-state index in [4.69, 9.17) is 0 Å². The van der Waals surface area contributed by atoms with Gasteiger partial charge in [-0.3, -0.25) is 9.36 Å². The van der Waals surface area contributed by atoms with Gasteiger partial charge in [0.1, 0.15) is 0 Å². The van der Waals surface area contributed by atoms with Crippen LogP contribution in [-0.4, -0.2) is 9.55 Å². The zero-order valence-corrected chi connectivity index (χ0v) is 12.7. The van der Waals surface area contributed by atoms with Crippen LogP contribution in [0.1, 0.15) is 32.6 Å². The van der Waals surface area contributed by atoms with Crippen molar-refractivity contribution in [3.05, 3.63) is 38.5 Å². The summed E-state index contributed by atoms with van der Waals surface area (Å²) < 4.78 is 2.80. The maximum absolute atomic E-state index is 12.3. The molecule has 0 saturated carbocycles. The molecule has 0 amide bonds. The van der Waals surface area contributed by atoms with Gasteiger partial charge in [-0.15, -0.1) is 0 Å². The third kappa shape index (κ3) is 3.10. The first kappa shape index (κ1) is 13.5. The first-order valence-corrected chi connectivity index (χ1v) is 7.45. The predicted octanol–water partition coefficient (Wildman–Crippen LogP) is 3.58. The van der Waals surface area contributed by atoms with E-state index in [1.807, 2.05) is 18.2 Å². The highest BCUT2D eigenvalue weighted by Gasteiger charge is 2.04. The average molecular weight is 356 g/mol. The fraction of sp³-hybridized carbons (Fsp3) is 0.429. The van der Waals surface area contributed by atoms with Crippen LogP contribution in [0, 0.1) is 3.57 Å². The Hall–Kier alpha value is -0.910. The van der Waals surface area contributed by atoms with Crippen LogP contribution in [0.15, 0.2) is 29.3 Å². The van der Waals surface area contributed by atoms with Crippen LogP contribution >= 0.6 is 22.6 Å². The highest BCUT2D eigenvalue weighted by atomic mass is 127. The number of aryl methyl sites for hydroxylation is 1. The van der Waals surface area contributed by atoms with Crippen molar-refractivity contribution in [3.63, 3.8) is 0 Å². The molecule has 0 spiro atoms. The van der Waals surface area contributed by atoms with Gasteiger partial charge in [-0.05, 0) is 47.2 Å². The lowest BCUT2D eigenvalue weighted by Crippen LogP contribution is -2.20. The van der Waals surface area contributed by atoms with Crippen molar-refractivity contribution in [3.8, 4) is 0 Å². The Bertz CT molecular complexity index is 592. The molecule has 0 aliphatic heterocycles. The highest BCUT2D eigenvalue weighted by Crippen LogP contribution is 2.11. The van der Waals surface area contributed by atoms with Crippen LogP contribution in [0.5, 0.6) is 0 Å². The SMILES string of the molecule is CCCCCCn1cnc2ccc(I)cc2c1=O. The summed E-state index contributed by atoms with van der Waals surface area (Å²) >= 11 is 2.22. The molecule has 0 radical (unpaired) electrons. The monoisotopic (exact) mass is 356 g/mol. The maximum Gasteiger partial charge on any atom is 0.261 e. The van der Waals surface area contributed by atoms with E-state index < -0.39 is 0 Å². The van der Waals surface area contributed by atoms with Crippen molar-refractivity contribution < 1.29 is 0 Å². The number of aromatic nitrogens is 2. The van der Waals surface area contributed by atoms with Crippen molar-refractivity contribution in [2.45, 2.75) is 39.2 Å². The van der Waals surface area contributed by atoms with Crippen LogP contribution in [0.25, 0.3) is 10.9 Å². The second kappa shape index (κ2) is 6.31. The van der Waals surface area contributed by atoms with Gasteiger partial charge in [-0.1, -0.05) is 26.2 Å². The molecule has 0 unspecified atom stereocenters. The molecule has 3 nitrogen and oxygen atoms in total. The molecule has 4 heteroatoms. The Morgan fingerprint density at radius 2 is 2.11 bits per heavy atom. The van der Waals surface area contributed by atoms with Crippen LogP contribution in [0.4, 0.5) is 0 Å². The van der Waals surface area contributed by atoms with E-state index in [0.717, 1.165) is 27.4 Å². The van der Waals surface area contributed by atoms with Gasteiger partial charge in [-0.2, -0.15) is 0 Å². The molecule has 2 rings (SSSR count). The van der Waals surface area contributed by atoms with Crippen LogP contribution in [-0.2, 0) is 6.54 Å². The smallest absolute Gasteiger partial charge is 0.261 e. The molecule has 1 aromatic heterocycles. The molecule has 0 aliphatic carbocycles. The van der Waals surface area contributed by atoms with Gasteiger partial charge in [0, 0.05) is 10.1 Å². The number of halogens is 1. The lowest BCUT2D eigenvalue weighted by molar-refractivity contribution is 0.567. The second-order valence-electron chi connectivity index (χ2n) is 4.47. The van der Waals surface area contributed by atoms with E-state index in [1.165, 1.54) is 19.3 Å². The minimum absolute atomic E-state index is 0.0787. The molecule has 0 N–H and O–H groups in total. The number of unbranched alkanes of at least 4 members (excludes halogenated alkanes) is 3. The Kier molecular flexibility index (Phi) is 4.74. The summed E-state index contributed by atoms with van der Waals surface area (Å²) in [6.45, 7) is 2.96. The molecule has 18 heavy (non-hydrogen) atoms. The van der Waals surface area contributed by atoms with E-state index in [-0.39, 0.29) is 5.56 Å². The summed E-state index contributed by atoms with van der Waals surface area (Å²) in [6, 6.07) is 5.79. The highest BCUT2D eigenvalue weighted by molar-refractivity contribution is 14.1. The largest absolute Gasteiger partial charge is 0.299 e. The van der Waals surface area contributed by atoms with Gasteiger partial charge in [0.15, 0.2) is 0 Å². The number of rotatable bonds is 5. The third-order valence-electron chi connectivity index (χ3n) is 3.04. The van der Waals surface area contributed by atoms with Crippen LogP contribution < -0.4 is 5.56 Å². The summed E-state index contributed by atoms with van der Waals surface area (Å²) in [5.41, 5.74) is 0.861. The third-order valence-corrected chi connectivity index (χ3v) is 3.71. The van der Waals surface area contributed by atoms with Crippen molar-refractivity contribution in [1.82, 2.24) is 9.55 Å². The number of hydrogen-bond acceptors (Lipinski definition) is 2. The molecule has 96 valence electrons. The van der Waals surface area contributed by atoms with Crippen molar-refractivity contribution in [2.75, 3.05) is 0 Å². The lowest BCUT2D eigenvalue weighted by Gasteiger charge is -2.06. The Balaban J connectivity index is 2.24. The first-order chi connectivity index (χ1) is 8.72. The number of benzene rings is 1. The maximum atomic E-state index is 12.3. The van der Waals surface area contributed by atoms with Gasteiger partial charge in [-0.25, -0.2) is 4.98 Å². The van der Waals surface area contributed by atoms with Gasteiger partial charge in [0.25, 0.3) is 5.56 Å². The standard InChI is InChI=1S/C14H17IN2O/c1-2-3-4-5-8-17-10-16-13-7-6-11(15)9-12(13)14(17)18/h6-7,9-10H,2-5,8H2,1H3. The summed E-state index contributed by atoms with van der Waals surface area (Å²) in [6.07, 6.45) is 6.33. The number of hydrogen-bond donors (Lipinski definition) is 0. The Morgan fingerprint density at radius 3 is 2.89 bits per heavy atom. The second-order valence-corrected chi connectivity index (χ2v) is 5.71. The molecule has 1 aromatic carbocycles. The minimum atomic E-state index is 0.0787. The minimum Gasteiger partial charge on any atom is -0.299 e. The van der Waals surface area contributed by atoms with Crippen molar-refractivity contribution in [2.24, 2.45) is 0 Å². The van der Waals surface area contributed by atoms with Gasteiger partial charge >= 0.3 is 0 Å². The Labute approximate surface area is 120 Å². The quantitative estimate of drug-likeness (QED) is 0.606. The molecular weight excluding hydrogens is 339 g/mol. The van der Waals surface area contributed by atoms with E-state index >= 15 is 0 Å². The van der Waals surface area contributed by atoms with Crippen molar-refractivity contribution >= 4 is 33.5 Å². The molecule has 2 aromatic rings. The zero-order chi connectivity index (χ0) is 13.0. The molecule has 0 atom stereocenters. The van der Waals surface area contributed by atoms with Gasteiger partial charge < -0.3 is 0 Å². The summed E-state index contributed by atoms with van der Waals surface area (Å²) in [4.78, 5) is 16.6. The van der Waals surface area contributed by atoms with E-state index in [1.54, 1.807) is 10.9 Å². The number of nitrogens with zero attached hydrogens (tertiary/aromatic N) is 2. The van der Waals surface area contributed by atoms with Crippen molar-refractivity contribution in [1.29, 1.82) is 0 Å². The number of fused-ring (bicyclic) bond motifs is 1. The summed E-state index contributed by atoms with van der Waals surface area (Å²) in [7, 11) is 0. The van der Waals surface area contributed by atoms with Gasteiger partial charge in [0.2, 0.25) is 0 Å². The fourth-order valence-electron chi connectivity index (χ4n) is 2.00. The van der Waals surface area contributed by atoms with E-state index in [9.17, 15) is 4.79 Å². The van der Waals surface area contributed by atoms with E-state index in [2.05, 4.69) is 34.5 Å². The molecule has 0 bridgehead atoms. The fourth-order valence-corrected chi connectivity index (χ4v) is 2.49. The first-order valence-electron chi connectivity index (χ1n) is 6.37. The predicted molar refractivity (Wildman–Crippen MR) is 82.9 cm³/mol. The topological polar surface area (TPSA) is 34.9 Å². The lowest BCUT2D eigenvalue weighted by atomic mass is 10.2. The molecule has 1 heterocycles. The normalized spacial score (nSPS) is 11.0. The van der Waals surface area contributed by atoms with Crippen LogP contribution in [0.2, 0.25) is 0 Å². The molecule has 0 aliphatic rings. The molecule has 0 saturated heterocycles. The van der Waals surface area contributed by atoms with Crippen LogP contribution in [0.3, 0.4) is 0 Å². The zero-order valence-electron chi connectivity index (χ0n) is 10.5. The molecular formula is C14H17IN2O. The average Bonchev–Trinajstić information content (AvgIpc) is 2.38.